The zero-order valence-electron chi connectivity index (χ0n) is 10.7. The van der Waals surface area contributed by atoms with E-state index in [-0.39, 0.29) is 23.6 Å². The van der Waals surface area contributed by atoms with E-state index in [1.54, 1.807) is 20.8 Å². The number of fused-ring (bicyclic) bond motifs is 1. The van der Waals surface area contributed by atoms with Crippen LogP contribution in [0.2, 0.25) is 0 Å². The normalized spacial score (nSPS) is 28.9. The first kappa shape index (κ1) is 13.2. The molecule has 0 saturated carbocycles. The molecule has 1 aliphatic carbocycles. The molecule has 1 heterocycles. The quantitative estimate of drug-likeness (QED) is 0.567. The molecule has 3 atom stereocenters. The first-order chi connectivity index (χ1) is 8.33. The number of rotatable bonds is 2. The fraction of sp³-hybridized carbons (Fsp3) is 0.692. The highest BCUT2D eigenvalue weighted by molar-refractivity contribution is 6.28. The molecule has 5 heteroatoms. The number of ketones is 1. The summed E-state index contributed by atoms with van der Waals surface area (Å²) in [4.78, 5) is 25.4. The van der Waals surface area contributed by atoms with Crippen molar-refractivity contribution in [3.63, 3.8) is 0 Å². The summed E-state index contributed by atoms with van der Waals surface area (Å²) < 4.78 is 5.32. The molecule has 3 unspecified atom stereocenters. The molecule has 0 aromatic rings. The maximum Gasteiger partial charge on any atom is 0.411 e. The Kier molecular flexibility index (Phi) is 3.29. The van der Waals surface area contributed by atoms with Gasteiger partial charge in [-0.15, -0.1) is 11.6 Å². The summed E-state index contributed by atoms with van der Waals surface area (Å²) in [5, 5.41) is 0. The van der Waals surface area contributed by atoms with Gasteiger partial charge in [0.25, 0.3) is 0 Å². The number of hydrogen-bond acceptors (Lipinski definition) is 3. The van der Waals surface area contributed by atoms with E-state index in [1.807, 2.05) is 0 Å². The maximum atomic E-state index is 12.1. The Balaban J connectivity index is 2.15. The van der Waals surface area contributed by atoms with Crippen molar-refractivity contribution in [2.75, 3.05) is 5.88 Å². The van der Waals surface area contributed by atoms with E-state index in [0.29, 0.717) is 6.42 Å². The van der Waals surface area contributed by atoms with Crippen LogP contribution in [0, 0.1) is 17.8 Å². The number of halogens is 1. The predicted octanol–water partition coefficient (Wildman–Crippen LogP) is 1.81. The van der Waals surface area contributed by atoms with Crippen LogP contribution in [0.25, 0.3) is 0 Å². The highest BCUT2D eigenvalue weighted by Gasteiger charge is 2.49. The standard InChI is InChI=1S/C13H16ClNO3/c1-13(2,3)18-12(17)15-9-5-4-8(9)6-10(15)11(16)7-14/h8-10H,6-7H2,1-3H3. The minimum absolute atomic E-state index is 0.0923. The Labute approximate surface area is 112 Å². The van der Waals surface area contributed by atoms with Gasteiger partial charge in [-0.1, -0.05) is 11.8 Å². The van der Waals surface area contributed by atoms with Gasteiger partial charge < -0.3 is 4.74 Å². The average molecular weight is 270 g/mol. The van der Waals surface area contributed by atoms with Crippen molar-refractivity contribution in [2.45, 2.75) is 44.9 Å². The largest absolute Gasteiger partial charge is 0.444 e. The SMILES string of the molecule is CC(C)(C)OC(=O)N1C(C(=O)CCl)CC2C#CC21. The molecule has 18 heavy (non-hydrogen) atoms. The number of hydrogen-bond donors (Lipinski definition) is 0. The molecule has 1 saturated heterocycles. The number of carbonyl (C=O) groups is 2. The van der Waals surface area contributed by atoms with E-state index in [1.165, 1.54) is 4.90 Å². The number of likely N-dealkylation sites (tertiary alicyclic amines) is 1. The zero-order valence-corrected chi connectivity index (χ0v) is 11.5. The van der Waals surface area contributed by atoms with E-state index >= 15 is 0 Å². The van der Waals surface area contributed by atoms with E-state index in [4.69, 9.17) is 16.3 Å². The third kappa shape index (κ3) is 2.32. The van der Waals surface area contributed by atoms with Crippen molar-refractivity contribution in [1.29, 1.82) is 0 Å². The molecule has 0 N–H and O–H groups in total. The molecule has 1 aliphatic heterocycles. The first-order valence-corrected chi connectivity index (χ1v) is 6.48. The van der Waals surface area contributed by atoms with Crippen LogP contribution in [0.4, 0.5) is 4.79 Å². The van der Waals surface area contributed by atoms with Crippen molar-refractivity contribution in [2.24, 2.45) is 5.92 Å². The lowest BCUT2D eigenvalue weighted by atomic mass is 9.92. The smallest absolute Gasteiger partial charge is 0.411 e. The van der Waals surface area contributed by atoms with Crippen molar-refractivity contribution in [1.82, 2.24) is 4.90 Å². The number of amides is 1. The van der Waals surface area contributed by atoms with Crippen molar-refractivity contribution in [3.8, 4) is 11.8 Å². The van der Waals surface area contributed by atoms with Gasteiger partial charge >= 0.3 is 6.09 Å². The number of carbonyl (C=O) groups excluding carboxylic acids is 2. The molecular formula is C13H16ClNO3. The topological polar surface area (TPSA) is 46.6 Å². The molecule has 0 aromatic heterocycles. The van der Waals surface area contributed by atoms with Crippen LogP contribution in [0.3, 0.4) is 0 Å². The van der Waals surface area contributed by atoms with Crippen LogP contribution in [0.1, 0.15) is 27.2 Å². The van der Waals surface area contributed by atoms with E-state index in [9.17, 15) is 9.59 Å². The predicted molar refractivity (Wildman–Crippen MR) is 67.3 cm³/mol. The lowest BCUT2D eigenvalue weighted by Crippen LogP contribution is -2.48. The van der Waals surface area contributed by atoms with Gasteiger partial charge in [0, 0.05) is 0 Å². The van der Waals surface area contributed by atoms with E-state index in [2.05, 4.69) is 11.8 Å². The fourth-order valence-electron chi connectivity index (χ4n) is 2.21. The summed E-state index contributed by atoms with van der Waals surface area (Å²) >= 11 is 5.58. The number of nitrogens with zero attached hydrogens (tertiary/aromatic N) is 1. The molecule has 4 nitrogen and oxygen atoms in total. The summed E-state index contributed by atoms with van der Waals surface area (Å²) in [5.74, 6) is 5.73. The Morgan fingerprint density at radius 3 is 2.50 bits per heavy atom. The lowest BCUT2D eigenvalue weighted by molar-refractivity contribution is -0.121. The van der Waals surface area contributed by atoms with Crippen LogP contribution < -0.4 is 0 Å². The van der Waals surface area contributed by atoms with Crippen LogP contribution >= 0.6 is 11.6 Å². The number of alkyl halides is 1. The summed E-state index contributed by atoms with van der Waals surface area (Å²) in [6, 6.07) is -0.688. The highest BCUT2D eigenvalue weighted by Crippen LogP contribution is 2.35. The minimum atomic E-state index is -0.582. The highest BCUT2D eigenvalue weighted by atomic mass is 35.5. The van der Waals surface area contributed by atoms with Gasteiger partial charge in [0.2, 0.25) is 0 Å². The second-order valence-corrected chi connectivity index (χ2v) is 5.85. The second-order valence-electron chi connectivity index (χ2n) is 5.58. The number of Topliss-reactive ketones (excluding diaryl/α,β-unsaturated/α-hetero) is 1. The average Bonchev–Trinajstić information content (AvgIpc) is 2.47. The van der Waals surface area contributed by atoms with E-state index < -0.39 is 17.7 Å². The molecular weight excluding hydrogens is 254 g/mol. The summed E-state index contributed by atoms with van der Waals surface area (Å²) in [5.41, 5.74) is -0.582. The Morgan fingerprint density at radius 2 is 2.06 bits per heavy atom. The van der Waals surface area contributed by atoms with E-state index in [0.717, 1.165) is 0 Å². The van der Waals surface area contributed by atoms with Gasteiger partial charge in [0.1, 0.15) is 11.6 Å². The summed E-state index contributed by atoms with van der Waals surface area (Å²) in [6.45, 7) is 5.38. The Morgan fingerprint density at radius 1 is 1.39 bits per heavy atom. The molecule has 2 rings (SSSR count). The van der Waals surface area contributed by atoms with Gasteiger partial charge in [-0.25, -0.2) is 4.79 Å². The van der Waals surface area contributed by atoms with Crippen LogP contribution in [0.15, 0.2) is 0 Å². The second kappa shape index (κ2) is 4.47. The molecule has 1 fully saturated rings. The first-order valence-electron chi connectivity index (χ1n) is 5.94. The van der Waals surface area contributed by atoms with Crippen molar-refractivity contribution in [3.05, 3.63) is 0 Å². The van der Waals surface area contributed by atoms with Gasteiger partial charge in [0.05, 0.1) is 17.8 Å². The van der Waals surface area contributed by atoms with Gasteiger partial charge in [0.15, 0.2) is 5.78 Å². The van der Waals surface area contributed by atoms with Gasteiger partial charge in [-0.2, -0.15) is 0 Å². The molecule has 0 bridgehead atoms. The van der Waals surface area contributed by atoms with Crippen LogP contribution in [-0.4, -0.2) is 40.3 Å². The molecule has 1 amide bonds. The lowest BCUT2D eigenvalue weighted by Gasteiger charge is -2.31. The van der Waals surface area contributed by atoms with Crippen molar-refractivity contribution >= 4 is 23.5 Å². The minimum Gasteiger partial charge on any atom is -0.444 e. The Bertz CT molecular complexity index is 443. The fourth-order valence-corrected chi connectivity index (χ4v) is 2.38. The summed E-state index contributed by atoms with van der Waals surface area (Å²) in [6.07, 6.45) is 0.0927. The van der Waals surface area contributed by atoms with Crippen LogP contribution in [0.5, 0.6) is 0 Å². The Hall–Kier alpha value is -1.21. The maximum absolute atomic E-state index is 12.1. The molecule has 0 spiro atoms. The van der Waals surface area contributed by atoms with Gasteiger partial charge in [-0.05, 0) is 27.2 Å². The van der Waals surface area contributed by atoms with Gasteiger partial charge in [-0.3, -0.25) is 9.69 Å². The third-order valence-corrected chi connectivity index (χ3v) is 3.28. The molecule has 0 aromatic carbocycles. The monoisotopic (exact) mass is 269 g/mol. The zero-order chi connectivity index (χ0) is 13.5. The molecule has 0 radical (unpaired) electrons. The van der Waals surface area contributed by atoms with Crippen LogP contribution in [-0.2, 0) is 9.53 Å². The van der Waals surface area contributed by atoms with Crippen molar-refractivity contribution < 1.29 is 14.3 Å². The number of ether oxygens (including phenoxy) is 1. The molecule has 2 aliphatic rings. The molecule has 98 valence electrons. The third-order valence-electron chi connectivity index (χ3n) is 3.02. The summed E-state index contributed by atoms with van der Waals surface area (Å²) in [7, 11) is 0.